The van der Waals surface area contributed by atoms with Gasteiger partial charge >= 0.3 is 10.1 Å². The predicted molar refractivity (Wildman–Crippen MR) is 70.1 cm³/mol. The lowest BCUT2D eigenvalue weighted by atomic mass is 10.2. The molecule has 0 bridgehead atoms. The van der Waals surface area contributed by atoms with Gasteiger partial charge in [0.1, 0.15) is 16.5 Å². The minimum absolute atomic E-state index is 0.0408. The topological polar surface area (TPSA) is 43.4 Å². The van der Waals surface area contributed by atoms with Gasteiger partial charge in [0.15, 0.2) is 0 Å². The van der Waals surface area contributed by atoms with Crippen LogP contribution in [-0.2, 0) is 10.1 Å². The molecule has 0 aliphatic carbocycles. The molecule has 0 saturated heterocycles. The lowest BCUT2D eigenvalue weighted by Crippen LogP contribution is -2.11. The van der Waals surface area contributed by atoms with Crippen molar-refractivity contribution in [2.75, 3.05) is 0 Å². The first-order valence-electron chi connectivity index (χ1n) is 5.66. The molecule has 0 fully saturated rings. The number of benzene rings is 2. The quantitative estimate of drug-likeness (QED) is 0.811. The first-order valence-corrected chi connectivity index (χ1v) is 7.06. The Morgan fingerprint density at radius 3 is 2.47 bits per heavy atom. The monoisotopic (exact) mass is 280 g/mol. The summed E-state index contributed by atoms with van der Waals surface area (Å²) in [5.41, 5.74) is 1.40. The zero-order valence-corrected chi connectivity index (χ0v) is 11.4. The molecular weight excluding hydrogens is 267 g/mol. The lowest BCUT2D eigenvalue weighted by molar-refractivity contribution is 0.482. The fraction of sp³-hybridized carbons (Fsp3) is 0.143. The van der Waals surface area contributed by atoms with Crippen molar-refractivity contribution < 1.29 is 17.0 Å². The second-order valence-electron chi connectivity index (χ2n) is 4.26. The number of rotatable bonds is 3. The highest BCUT2D eigenvalue weighted by atomic mass is 32.2. The van der Waals surface area contributed by atoms with Crippen molar-refractivity contribution in [1.82, 2.24) is 0 Å². The second-order valence-corrected chi connectivity index (χ2v) is 5.78. The molecule has 0 atom stereocenters. The number of aryl methyl sites for hydroxylation is 2. The zero-order valence-electron chi connectivity index (χ0n) is 10.6. The van der Waals surface area contributed by atoms with Crippen LogP contribution in [0, 0.1) is 19.7 Å². The van der Waals surface area contributed by atoms with Gasteiger partial charge in [-0.05, 0) is 43.2 Å². The van der Waals surface area contributed by atoms with E-state index in [9.17, 15) is 12.8 Å². The van der Waals surface area contributed by atoms with Gasteiger partial charge in [-0.15, -0.1) is 0 Å². The van der Waals surface area contributed by atoms with Gasteiger partial charge in [-0.25, -0.2) is 4.39 Å². The van der Waals surface area contributed by atoms with Crippen molar-refractivity contribution in [3.63, 3.8) is 0 Å². The molecule has 0 heterocycles. The molecule has 0 amide bonds. The number of hydrogen-bond donors (Lipinski definition) is 0. The Morgan fingerprint density at radius 2 is 1.79 bits per heavy atom. The van der Waals surface area contributed by atoms with Crippen molar-refractivity contribution in [2.24, 2.45) is 0 Å². The summed E-state index contributed by atoms with van der Waals surface area (Å²) < 4.78 is 42.2. The van der Waals surface area contributed by atoms with E-state index in [4.69, 9.17) is 4.18 Å². The van der Waals surface area contributed by atoms with Crippen LogP contribution in [0.5, 0.6) is 5.75 Å². The SMILES string of the molecule is Cc1ccc(C)c(S(=O)(=O)Oc2cccc(F)c2)c1. The third-order valence-electron chi connectivity index (χ3n) is 2.62. The van der Waals surface area contributed by atoms with Crippen LogP contribution >= 0.6 is 0 Å². The molecule has 19 heavy (non-hydrogen) atoms. The van der Waals surface area contributed by atoms with E-state index in [0.717, 1.165) is 11.6 Å². The van der Waals surface area contributed by atoms with E-state index in [-0.39, 0.29) is 10.6 Å². The highest BCUT2D eigenvalue weighted by Gasteiger charge is 2.19. The summed E-state index contributed by atoms with van der Waals surface area (Å²) in [5.74, 6) is -0.588. The van der Waals surface area contributed by atoms with E-state index in [2.05, 4.69) is 0 Å². The van der Waals surface area contributed by atoms with Gasteiger partial charge in [0.2, 0.25) is 0 Å². The fourth-order valence-corrected chi connectivity index (χ4v) is 2.91. The molecule has 0 radical (unpaired) electrons. The third kappa shape index (κ3) is 3.12. The molecule has 0 saturated carbocycles. The standard InChI is InChI=1S/C14H13FO3S/c1-10-6-7-11(2)14(8-10)19(16,17)18-13-5-3-4-12(15)9-13/h3-9H,1-2H3. The molecule has 0 N–H and O–H groups in total. The molecule has 5 heteroatoms. The summed E-state index contributed by atoms with van der Waals surface area (Å²) in [6.07, 6.45) is 0. The molecule has 0 aromatic heterocycles. The van der Waals surface area contributed by atoms with Gasteiger partial charge < -0.3 is 4.18 Å². The van der Waals surface area contributed by atoms with Gasteiger partial charge in [0.25, 0.3) is 0 Å². The third-order valence-corrected chi connectivity index (χ3v) is 4.01. The van der Waals surface area contributed by atoms with Crippen LogP contribution in [0.2, 0.25) is 0 Å². The van der Waals surface area contributed by atoms with E-state index in [1.807, 2.05) is 6.07 Å². The first-order chi connectivity index (χ1) is 8.88. The molecule has 2 rings (SSSR count). The van der Waals surface area contributed by atoms with Crippen LogP contribution in [0.4, 0.5) is 4.39 Å². The summed E-state index contributed by atoms with van der Waals surface area (Å²) in [6, 6.07) is 10.1. The molecule has 2 aromatic rings. The summed E-state index contributed by atoms with van der Waals surface area (Å²) in [5, 5.41) is 0. The van der Waals surface area contributed by atoms with Crippen LogP contribution in [0.3, 0.4) is 0 Å². The molecular formula is C14H13FO3S. The van der Waals surface area contributed by atoms with Crippen molar-refractivity contribution >= 4 is 10.1 Å². The van der Waals surface area contributed by atoms with Gasteiger partial charge in [-0.2, -0.15) is 8.42 Å². The Bertz CT molecular complexity index is 708. The van der Waals surface area contributed by atoms with Crippen molar-refractivity contribution in [2.45, 2.75) is 18.7 Å². The van der Waals surface area contributed by atoms with Gasteiger partial charge in [-0.3, -0.25) is 0 Å². The fourth-order valence-electron chi connectivity index (χ4n) is 1.67. The zero-order chi connectivity index (χ0) is 14.0. The predicted octanol–water partition coefficient (Wildman–Crippen LogP) is 3.21. The van der Waals surface area contributed by atoms with Crippen LogP contribution in [-0.4, -0.2) is 8.42 Å². The van der Waals surface area contributed by atoms with Gasteiger partial charge in [0.05, 0.1) is 0 Å². The minimum atomic E-state index is -3.95. The smallest absolute Gasteiger partial charge is 0.339 e. The molecule has 2 aromatic carbocycles. The minimum Gasteiger partial charge on any atom is -0.379 e. The molecule has 0 spiro atoms. The summed E-state index contributed by atoms with van der Waals surface area (Å²) in [7, 11) is -3.95. The van der Waals surface area contributed by atoms with Crippen LogP contribution in [0.1, 0.15) is 11.1 Å². The van der Waals surface area contributed by atoms with E-state index in [1.54, 1.807) is 19.9 Å². The van der Waals surface area contributed by atoms with Crippen LogP contribution < -0.4 is 4.18 Å². The van der Waals surface area contributed by atoms with Crippen molar-refractivity contribution in [1.29, 1.82) is 0 Å². The highest BCUT2D eigenvalue weighted by Crippen LogP contribution is 2.22. The normalized spacial score (nSPS) is 11.3. The first kappa shape index (κ1) is 13.5. The largest absolute Gasteiger partial charge is 0.379 e. The van der Waals surface area contributed by atoms with E-state index in [0.29, 0.717) is 5.56 Å². The maximum Gasteiger partial charge on any atom is 0.339 e. The van der Waals surface area contributed by atoms with Crippen LogP contribution in [0.25, 0.3) is 0 Å². The van der Waals surface area contributed by atoms with Crippen molar-refractivity contribution in [3.05, 3.63) is 59.4 Å². The van der Waals surface area contributed by atoms with Crippen molar-refractivity contribution in [3.8, 4) is 5.75 Å². The average molecular weight is 280 g/mol. The van der Waals surface area contributed by atoms with Crippen LogP contribution in [0.15, 0.2) is 47.4 Å². The summed E-state index contributed by atoms with van der Waals surface area (Å²) in [6.45, 7) is 3.47. The molecule has 0 aliphatic rings. The Hall–Kier alpha value is -1.88. The molecule has 0 aliphatic heterocycles. The average Bonchev–Trinajstić information content (AvgIpc) is 2.31. The molecule has 0 unspecified atom stereocenters. The Morgan fingerprint density at radius 1 is 1.05 bits per heavy atom. The van der Waals surface area contributed by atoms with Gasteiger partial charge in [0, 0.05) is 6.07 Å². The second kappa shape index (κ2) is 5.01. The molecule has 3 nitrogen and oxygen atoms in total. The Balaban J connectivity index is 2.40. The van der Waals surface area contributed by atoms with E-state index < -0.39 is 15.9 Å². The maximum atomic E-state index is 13.0. The number of hydrogen-bond acceptors (Lipinski definition) is 3. The Kier molecular flexibility index (Phi) is 3.57. The van der Waals surface area contributed by atoms with E-state index >= 15 is 0 Å². The number of halogens is 1. The summed E-state index contributed by atoms with van der Waals surface area (Å²) in [4.78, 5) is 0.0942. The Labute approximate surface area is 111 Å². The lowest BCUT2D eigenvalue weighted by Gasteiger charge is -2.10. The summed E-state index contributed by atoms with van der Waals surface area (Å²) >= 11 is 0. The highest BCUT2D eigenvalue weighted by molar-refractivity contribution is 7.87. The van der Waals surface area contributed by atoms with E-state index in [1.165, 1.54) is 24.3 Å². The molecule has 100 valence electrons. The van der Waals surface area contributed by atoms with Gasteiger partial charge in [-0.1, -0.05) is 18.2 Å². The maximum absolute atomic E-state index is 13.0.